The number of amides is 1. The van der Waals surface area contributed by atoms with E-state index in [1.807, 2.05) is 36.4 Å². The Labute approximate surface area is 131 Å². The highest BCUT2D eigenvalue weighted by molar-refractivity contribution is 8.27. The first-order chi connectivity index (χ1) is 10.7. The molecule has 0 saturated carbocycles. The molecule has 1 aliphatic rings. The minimum Gasteiger partial charge on any atom is -0.384 e. The number of hydrogen-bond acceptors (Lipinski definition) is 4. The molecule has 0 spiro atoms. The Morgan fingerprint density at radius 3 is 2.09 bits per heavy atom. The lowest BCUT2D eigenvalue weighted by Crippen LogP contribution is -2.16. The van der Waals surface area contributed by atoms with Crippen molar-refractivity contribution in [1.82, 2.24) is 5.32 Å². The van der Waals surface area contributed by atoms with E-state index in [-0.39, 0.29) is 10.8 Å². The monoisotopic (exact) mass is 311 g/mol. The van der Waals surface area contributed by atoms with Crippen molar-refractivity contribution in [3.8, 4) is 0 Å². The van der Waals surface area contributed by atoms with Crippen LogP contribution < -0.4 is 5.32 Å². The van der Waals surface area contributed by atoms with Gasteiger partial charge in [-0.05, 0) is 11.1 Å². The minimum atomic E-state index is -0.999. The molecule has 2 aromatic rings. The molecule has 22 heavy (non-hydrogen) atoms. The largest absolute Gasteiger partial charge is 0.384 e. The fraction of sp³-hybridized carbons (Fsp3) is 0.0588. The average Bonchev–Trinajstić information content (AvgIpc) is 2.88. The average molecular weight is 311 g/mol. The zero-order valence-corrected chi connectivity index (χ0v) is 12.3. The van der Waals surface area contributed by atoms with Crippen LogP contribution in [0.25, 0.3) is 5.57 Å². The molecule has 4 nitrogen and oxygen atoms in total. The number of aliphatic hydroxyl groups is 1. The number of thioether (sulfide) groups is 1. The van der Waals surface area contributed by atoms with Crippen molar-refractivity contribution in [2.45, 2.75) is 6.10 Å². The highest BCUT2D eigenvalue weighted by Gasteiger charge is 2.32. The molecule has 2 aromatic carbocycles. The van der Waals surface area contributed by atoms with E-state index in [0.29, 0.717) is 28.5 Å². The summed E-state index contributed by atoms with van der Waals surface area (Å²) in [4.78, 5) is 23.5. The quantitative estimate of drug-likeness (QED) is 0.855. The van der Waals surface area contributed by atoms with Crippen molar-refractivity contribution in [3.05, 3.63) is 77.5 Å². The maximum atomic E-state index is 12.0. The predicted molar refractivity (Wildman–Crippen MR) is 85.9 cm³/mol. The SMILES string of the molecule is O=C1NC(=C(c2ccccc2)C(O)c2ccccc2)C(=O)S1. The molecule has 5 heteroatoms. The molecule has 1 atom stereocenters. The van der Waals surface area contributed by atoms with Crippen LogP contribution in [-0.2, 0) is 4.79 Å². The Bertz CT molecular complexity index is 741. The van der Waals surface area contributed by atoms with Crippen LogP contribution in [0.15, 0.2) is 66.4 Å². The maximum absolute atomic E-state index is 12.0. The molecule has 0 bridgehead atoms. The molecule has 2 N–H and O–H groups in total. The van der Waals surface area contributed by atoms with E-state index in [4.69, 9.17) is 0 Å². The zero-order chi connectivity index (χ0) is 15.5. The molecule has 1 amide bonds. The van der Waals surface area contributed by atoms with Crippen molar-refractivity contribution in [3.63, 3.8) is 0 Å². The van der Waals surface area contributed by atoms with Gasteiger partial charge in [0.25, 0.3) is 5.24 Å². The third-order valence-corrected chi connectivity index (χ3v) is 4.04. The van der Waals surface area contributed by atoms with Crippen LogP contribution in [0.4, 0.5) is 4.79 Å². The van der Waals surface area contributed by atoms with Gasteiger partial charge in [-0.15, -0.1) is 0 Å². The van der Waals surface area contributed by atoms with Gasteiger partial charge in [-0.2, -0.15) is 0 Å². The number of carbonyl (C=O) groups excluding carboxylic acids is 2. The number of hydrogen-bond donors (Lipinski definition) is 2. The second kappa shape index (κ2) is 6.17. The summed E-state index contributed by atoms with van der Waals surface area (Å²) in [5.74, 6) is 0. The van der Waals surface area contributed by atoms with Crippen LogP contribution in [0.5, 0.6) is 0 Å². The molecule has 1 heterocycles. The van der Waals surface area contributed by atoms with Crippen LogP contribution in [0.3, 0.4) is 0 Å². The summed E-state index contributed by atoms with van der Waals surface area (Å²) in [5.41, 5.74) is 1.92. The van der Waals surface area contributed by atoms with Gasteiger partial charge in [-0.1, -0.05) is 60.7 Å². The fourth-order valence-corrected chi connectivity index (χ4v) is 2.93. The Morgan fingerprint density at radius 2 is 1.55 bits per heavy atom. The third kappa shape index (κ3) is 2.81. The third-order valence-electron chi connectivity index (χ3n) is 3.36. The van der Waals surface area contributed by atoms with Gasteiger partial charge in [-0.3, -0.25) is 9.59 Å². The lowest BCUT2D eigenvalue weighted by Gasteiger charge is -2.18. The van der Waals surface area contributed by atoms with Crippen molar-refractivity contribution in [2.24, 2.45) is 0 Å². The molecule has 1 fully saturated rings. The first kappa shape index (κ1) is 14.6. The number of carbonyl (C=O) groups is 2. The van der Waals surface area contributed by atoms with Crippen molar-refractivity contribution in [2.75, 3.05) is 0 Å². The Balaban J connectivity index is 2.14. The predicted octanol–water partition coefficient (Wildman–Crippen LogP) is 3.11. The van der Waals surface area contributed by atoms with Gasteiger partial charge in [0, 0.05) is 17.3 Å². The summed E-state index contributed by atoms with van der Waals surface area (Å²) in [5, 5.41) is 12.5. The number of rotatable bonds is 3. The van der Waals surface area contributed by atoms with Gasteiger partial charge in [0.05, 0.1) is 0 Å². The van der Waals surface area contributed by atoms with E-state index in [1.54, 1.807) is 24.3 Å². The molecular weight excluding hydrogens is 298 g/mol. The van der Waals surface area contributed by atoms with E-state index in [0.717, 1.165) is 0 Å². The summed E-state index contributed by atoms with van der Waals surface area (Å²) >= 11 is 0.606. The first-order valence-electron chi connectivity index (χ1n) is 6.72. The molecule has 110 valence electrons. The Hall–Kier alpha value is -2.37. The van der Waals surface area contributed by atoms with Crippen molar-refractivity contribution in [1.29, 1.82) is 0 Å². The molecule has 0 aromatic heterocycles. The molecular formula is C17H13NO3S. The van der Waals surface area contributed by atoms with Gasteiger partial charge >= 0.3 is 0 Å². The second-order valence-corrected chi connectivity index (χ2v) is 5.72. The second-order valence-electron chi connectivity index (χ2n) is 4.77. The summed E-state index contributed by atoms with van der Waals surface area (Å²) in [6, 6.07) is 18.1. The lowest BCUT2D eigenvalue weighted by atomic mass is 9.93. The van der Waals surface area contributed by atoms with Crippen LogP contribution in [0.1, 0.15) is 17.2 Å². The van der Waals surface area contributed by atoms with E-state index in [2.05, 4.69) is 5.32 Å². The van der Waals surface area contributed by atoms with Gasteiger partial charge in [0.15, 0.2) is 0 Å². The maximum Gasteiger partial charge on any atom is 0.291 e. The van der Waals surface area contributed by atoms with Crippen LogP contribution in [0.2, 0.25) is 0 Å². The van der Waals surface area contributed by atoms with Crippen LogP contribution in [0, 0.1) is 0 Å². The van der Waals surface area contributed by atoms with E-state index < -0.39 is 11.3 Å². The van der Waals surface area contributed by atoms with Gasteiger partial charge in [-0.25, -0.2) is 0 Å². The molecule has 0 radical (unpaired) electrons. The Morgan fingerprint density at radius 1 is 0.955 bits per heavy atom. The Kier molecular flexibility index (Phi) is 4.09. The van der Waals surface area contributed by atoms with E-state index in [9.17, 15) is 14.7 Å². The number of aliphatic hydroxyl groups excluding tert-OH is 1. The van der Waals surface area contributed by atoms with Gasteiger partial charge in [0.1, 0.15) is 11.8 Å². The molecule has 3 rings (SSSR count). The molecule has 0 aliphatic carbocycles. The molecule has 1 saturated heterocycles. The van der Waals surface area contributed by atoms with Crippen LogP contribution >= 0.6 is 11.8 Å². The zero-order valence-electron chi connectivity index (χ0n) is 11.5. The summed E-state index contributed by atoms with van der Waals surface area (Å²) in [6.45, 7) is 0. The van der Waals surface area contributed by atoms with Crippen molar-refractivity contribution < 1.29 is 14.7 Å². The normalized spacial score (nSPS) is 18.0. The topological polar surface area (TPSA) is 66.4 Å². The summed E-state index contributed by atoms with van der Waals surface area (Å²) in [6.07, 6.45) is -0.999. The highest BCUT2D eigenvalue weighted by atomic mass is 32.2. The molecule has 1 aliphatic heterocycles. The van der Waals surface area contributed by atoms with Gasteiger partial charge < -0.3 is 10.4 Å². The summed E-state index contributed by atoms with van der Waals surface area (Å²) in [7, 11) is 0. The standard InChI is InChI=1S/C17H13NO3S/c19-15(12-9-5-2-6-10-12)13(11-7-3-1-4-8-11)14-16(20)22-17(21)18-14/h1-10,15,19H,(H,18,21). The van der Waals surface area contributed by atoms with E-state index >= 15 is 0 Å². The first-order valence-corrected chi connectivity index (χ1v) is 7.54. The number of nitrogens with one attached hydrogen (secondary N) is 1. The van der Waals surface area contributed by atoms with E-state index in [1.165, 1.54) is 0 Å². The number of benzene rings is 2. The smallest absolute Gasteiger partial charge is 0.291 e. The highest BCUT2D eigenvalue weighted by Crippen LogP contribution is 2.35. The lowest BCUT2D eigenvalue weighted by molar-refractivity contribution is -0.107. The fourth-order valence-electron chi connectivity index (χ4n) is 2.35. The minimum absolute atomic E-state index is 0.151. The van der Waals surface area contributed by atoms with Crippen molar-refractivity contribution >= 4 is 27.7 Å². The summed E-state index contributed by atoms with van der Waals surface area (Å²) < 4.78 is 0. The van der Waals surface area contributed by atoms with Gasteiger partial charge in [0.2, 0.25) is 5.12 Å². The van der Waals surface area contributed by atoms with Crippen LogP contribution in [-0.4, -0.2) is 15.5 Å². The molecule has 1 unspecified atom stereocenters.